The number of fused-ring (bicyclic) bond motifs is 1. The molecule has 3 heterocycles. The maximum Gasteiger partial charge on any atom is 0.258 e. The van der Waals surface area contributed by atoms with Crippen LogP contribution in [0.2, 0.25) is 5.15 Å². The molecule has 3 N–H and O–H groups in total. The minimum absolute atomic E-state index is 0.308. The molecule has 4 aromatic rings. The lowest BCUT2D eigenvalue weighted by molar-refractivity contribution is 0.102. The molecule has 1 amide bonds. The molecular formula is C22H19ClN6O2S. The third kappa shape index (κ3) is 4.39. The molecule has 162 valence electrons. The second-order valence-electron chi connectivity index (χ2n) is 6.82. The lowest BCUT2D eigenvalue weighted by Gasteiger charge is -2.16. The molecule has 0 fully saturated rings. The first-order valence-electron chi connectivity index (χ1n) is 9.59. The molecule has 0 saturated carbocycles. The van der Waals surface area contributed by atoms with Gasteiger partial charge in [-0.25, -0.2) is 15.0 Å². The summed E-state index contributed by atoms with van der Waals surface area (Å²) >= 11 is 7.42. The van der Waals surface area contributed by atoms with Gasteiger partial charge in [0, 0.05) is 28.4 Å². The van der Waals surface area contributed by atoms with Crippen molar-refractivity contribution in [1.82, 2.24) is 15.0 Å². The quantitative estimate of drug-likeness (QED) is 0.261. The van der Waals surface area contributed by atoms with Gasteiger partial charge in [0.15, 0.2) is 0 Å². The van der Waals surface area contributed by atoms with Crippen LogP contribution in [0, 0.1) is 5.41 Å². The van der Waals surface area contributed by atoms with Gasteiger partial charge < -0.3 is 20.8 Å². The fraction of sp³-hybridized carbons (Fsp3) is 0.136. The molecule has 0 unspecified atom stereocenters. The Hall–Kier alpha value is -3.56. The van der Waals surface area contributed by atoms with Crippen molar-refractivity contribution in [1.29, 1.82) is 5.41 Å². The number of halogens is 1. The number of anilines is 2. The summed E-state index contributed by atoms with van der Waals surface area (Å²) in [4.78, 5) is 25.6. The molecule has 1 aromatic carbocycles. The highest BCUT2D eigenvalue weighted by molar-refractivity contribution is 7.18. The van der Waals surface area contributed by atoms with E-state index in [1.54, 1.807) is 31.5 Å². The number of rotatable bonds is 7. The standard InChI is InChI=1S/C22H19ClN6O2S/c1-12(24)18-15(25-9-13-5-3-8-17(28-13)31-2)6-4-7-16(18)29-22(30)14-10-32-20-19(14)26-11-27-21(20)23/h3-8,10-11,24-25H,9H2,1-2H3,(H,29,30). The molecule has 3 aromatic heterocycles. The average molecular weight is 467 g/mol. The Morgan fingerprint density at radius 3 is 2.75 bits per heavy atom. The van der Waals surface area contributed by atoms with E-state index in [1.807, 2.05) is 24.3 Å². The van der Waals surface area contributed by atoms with Crippen LogP contribution in [-0.2, 0) is 6.54 Å². The smallest absolute Gasteiger partial charge is 0.258 e. The van der Waals surface area contributed by atoms with Gasteiger partial charge in [0.1, 0.15) is 11.5 Å². The maximum atomic E-state index is 13.0. The van der Waals surface area contributed by atoms with Crippen LogP contribution >= 0.6 is 22.9 Å². The van der Waals surface area contributed by atoms with Crippen LogP contribution in [0.4, 0.5) is 11.4 Å². The van der Waals surface area contributed by atoms with Crippen molar-refractivity contribution in [2.24, 2.45) is 0 Å². The van der Waals surface area contributed by atoms with E-state index < -0.39 is 0 Å². The summed E-state index contributed by atoms with van der Waals surface area (Å²) in [5.74, 6) is 0.195. The Bertz CT molecular complexity index is 1320. The summed E-state index contributed by atoms with van der Waals surface area (Å²) in [6.07, 6.45) is 1.33. The van der Waals surface area contributed by atoms with E-state index in [2.05, 4.69) is 25.6 Å². The monoisotopic (exact) mass is 466 g/mol. The van der Waals surface area contributed by atoms with Crippen molar-refractivity contribution in [3.8, 4) is 5.88 Å². The first-order valence-corrected chi connectivity index (χ1v) is 10.8. The predicted octanol–water partition coefficient (Wildman–Crippen LogP) is 5.00. The number of nitrogens with one attached hydrogen (secondary N) is 3. The molecular weight excluding hydrogens is 448 g/mol. The topological polar surface area (TPSA) is 113 Å². The SMILES string of the molecule is COc1cccc(CNc2cccc(NC(=O)c3csc4c(Cl)ncnc34)c2C(C)=N)n1. The van der Waals surface area contributed by atoms with Crippen LogP contribution < -0.4 is 15.4 Å². The summed E-state index contributed by atoms with van der Waals surface area (Å²) in [5.41, 5.74) is 3.82. The number of amides is 1. The number of pyridine rings is 1. The zero-order valence-electron chi connectivity index (χ0n) is 17.3. The number of aromatic nitrogens is 3. The third-order valence-electron chi connectivity index (χ3n) is 4.69. The average Bonchev–Trinajstić information content (AvgIpc) is 3.23. The molecule has 4 rings (SSSR count). The number of benzene rings is 1. The van der Waals surface area contributed by atoms with Gasteiger partial charge in [-0.2, -0.15) is 0 Å². The lowest BCUT2D eigenvalue weighted by Crippen LogP contribution is -2.16. The van der Waals surface area contributed by atoms with E-state index >= 15 is 0 Å². The Kier molecular flexibility index (Phi) is 6.29. The Labute approximate surface area is 193 Å². The molecule has 0 aliphatic rings. The van der Waals surface area contributed by atoms with Gasteiger partial charge in [-0.1, -0.05) is 23.7 Å². The van der Waals surface area contributed by atoms with Crippen molar-refractivity contribution < 1.29 is 9.53 Å². The number of nitrogens with zero attached hydrogens (tertiary/aromatic N) is 3. The molecule has 10 heteroatoms. The normalized spacial score (nSPS) is 10.7. The van der Waals surface area contributed by atoms with E-state index in [1.165, 1.54) is 17.7 Å². The van der Waals surface area contributed by atoms with Gasteiger partial charge in [0.2, 0.25) is 5.88 Å². The number of ether oxygens (including phenoxy) is 1. The molecule has 32 heavy (non-hydrogen) atoms. The fourth-order valence-electron chi connectivity index (χ4n) is 3.24. The number of hydrogen-bond acceptors (Lipinski definition) is 8. The minimum atomic E-state index is -0.333. The largest absolute Gasteiger partial charge is 0.481 e. The first kappa shape index (κ1) is 21.7. The Morgan fingerprint density at radius 2 is 1.97 bits per heavy atom. The van der Waals surface area contributed by atoms with E-state index in [4.69, 9.17) is 21.7 Å². The van der Waals surface area contributed by atoms with Gasteiger partial charge >= 0.3 is 0 Å². The molecule has 0 spiro atoms. The van der Waals surface area contributed by atoms with Crippen molar-refractivity contribution in [3.63, 3.8) is 0 Å². The molecule has 0 aliphatic carbocycles. The van der Waals surface area contributed by atoms with Crippen molar-refractivity contribution >= 4 is 56.1 Å². The first-order chi connectivity index (χ1) is 15.5. The zero-order valence-corrected chi connectivity index (χ0v) is 18.8. The highest BCUT2D eigenvalue weighted by Crippen LogP contribution is 2.31. The molecule has 0 bridgehead atoms. The van der Waals surface area contributed by atoms with Crippen LogP contribution in [0.15, 0.2) is 48.1 Å². The summed E-state index contributed by atoms with van der Waals surface area (Å²) < 4.78 is 5.82. The van der Waals surface area contributed by atoms with Crippen molar-refractivity contribution in [2.75, 3.05) is 17.7 Å². The van der Waals surface area contributed by atoms with Crippen molar-refractivity contribution in [3.05, 3.63) is 70.1 Å². The van der Waals surface area contributed by atoms with E-state index in [0.717, 1.165) is 5.69 Å². The number of carbonyl (C=O) groups excluding carboxylic acids is 1. The van der Waals surface area contributed by atoms with E-state index in [9.17, 15) is 4.79 Å². The number of hydrogen-bond donors (Lipinski definition) is 3. The van der Waals surface area contributed by atoms with E-state index in [-0.39, 0.29) is 5.91 Å². The third-order valence-corrected chi connectivity index (χ3v) is 6.07. The summed E-state index contributed by atoms with van der Waals surface area (Å²) in [6.45, 7) is 2.10. The Balaban J connectivity index is 1.60. The molecule has 0 atom stereocenters. The number of carbonyl (C=O) groups is 1. The van der Waals surface area contributed by atoms with Crippen molar-refractivity contribution in [2.45, 2.75) is 13.5 Å². The Morgan fingerprint density at radius 1 is 1.19 bits per heavy atom. The number of thiophene rings is 1. The summed E-state index contributed by atoms with van der Waals surface area (Å²) in [7, 11) is 1.57. The van der Waals surface area contributed by atoms with Crippen LogP contribution in [0.1, 0.15) is 28.5 Å². The second kappa shape index (κ2) is 9.29. The molecule has 0 saturated heterocycles. The van der Waals surface area contributed by atoms with Crippen LogP contribution in [-0.4, -0.2) is 33.7 Å². The highest BCUT2D eigenvalue weighted by atomic mass is 35.5. The van der Waals surface area contributed by atoms with Gasteiger partial charge in [-0.3, -0.25) is 4.79 Å². The van der Waals surface area contributed by atoms with Gasteiger partial charge in [-0.05, 0) is 25.1 Å². The van der Waals surface area contributed by atoms with Gasteiger partial charge in [0.25, 0.3) is 5.91 Å². The lowest BCUT2D eigenvalue weighted by atomic mass is 10.1. The molecule has 0 radical (unpaired) electrons. The number of methoxy groups -OCH3 is 1. The fourth-order valence-corrected chi connectivity index (χ4v) is 4.38. The molecule has 0 aliphatic heterocycles. The summed E-state index contributed by atoms with van der Waals surface area (Å²) in [6, 6.07) is 11.0. The summed E-state index contributed by atoms with van der Waals surface area (Å²) in [5, 5.41) is 16.5. The van der Waals surface area contributed by atoms with Crippen LogP contribution in [0.3, 0.4) is 0 Å². The zero-order chi connectivity index (χ0) is 22.7. The van der Waals surface area contributed by atoms with Crippen LogP contribution in [0.25, 0.3) is 10.2 Å². The van der Waals surface area contributed by atoms with Crippen LogP contribution in [0.5, 0.6) is 5.88 Å². The maximum absolute atomic E-state index is 13.0. The molecule has 8 nitrogen and oxygen atoms in total. The minimum Gasteiger partial charge on any atom is -0.481 e. The van der Waals surface area contributed by atoms with Gasteiger partial charge in [-0.15, -0.1) is 11.3 Å². The highest BCUT2D eigenvalue weighted by Gasteiger charge is 2.18. The predicted molar refractivity (Wildman–Crippen MR) is 127 cm³/mol. The van der Waals surface area contributed by atoms with Gasteiger partial charge in [0.05, 0.1) is 40.8 Å². The van der Waals surface area contributed by atoms with E-state index in [0.29, 0.717) is 56.0 Å². The second-order valence-corrected chi connectivity index (χ2v) is 8.06.